The summed E-state index contributed by atoms with van der Waals surface area (Å²) in [4.78, 5) is 2.54. The highest BCUT2D eigenvalue weighted by molar-refractivity contribution is 9.11. The van der Waals surface area contributed by atoms with Gasteiger partial charge in [0.1, 0.15) is 0 Å². The highest BCUT2D eigenvalue weighted by Crippen LogP contribution is 2.36. The summed E-state index contributed by atoms with van der Waals surface area (Å²) in [7, 11) is 0. The molecule has 2 nitrogen and oxygen atoms in total. The second-order valence-electron chi connectivity index (χ2n) is 4.17. The van der Waals surface area contributed by atoms with Crippen LogP contribution in [-0.2, 0) is 4.74 Å². The lowest BCUT2D eigenvalue weighted by molar-refractivity contribution is 0.0847. The van der Waals surface area contributed by atoms with E-state index in [0.29, 0.717) is 6.04 Å². The lowest BCUT2D eigenvalue weighted by Gasteiger charge is -2.34. The molecule has 2 heterocycles. The van der Waals surface area contributed by atoms with Crippen LogP contribution in [0.4, 0.5) is 5.00 Å². The Kier molecular flexibility index (Phi) is 4.27. The van der Waals surface area contributed by atoms with Gasteiger partial charge in [0.2, 0.25) is 0 Å². The van der Waals surface area contributed by atoms with Crippen molar-refractivity contribution in [1.29, 1.82) is 0 Å². The zero-order valence-corrected chi connectivity index (χ0v) is 12.2. The Morgan fingerprint density at radius 2 is 2.19 bits per heavy atom. The molecule has 2 rings (SSSR count). The fourth-order valence-corrected chi connectivity index (χ4v) is 4.12. The van der Waals surface area contributed by atoms with Crippen molar-refractivity contribution in [3.05, 3.63) is 15.4 Å². The minimum Gasteiger partial charge on any atom is -0.381 e. The first kappa shape index (κ1) is 12.4. The third-order valence-corrected chi connectivity index (χ3v) is 4.87. The van der Waals surface area contributed by atoms with Crippen LogP contribution in [0, 0.1) is 6.92 Å². The van der Waals surface area contributed by atoms with Gasteiger partial charge in [0.25, 0.3) is 0 Å². The number of rotatable bonds is 3. The van der Waals surface area contributed by atoms with Crippen molar-refractivity contribution >= 4 is 32.3 Å². The molecule has 0 aliphatic carbocycles. The van der Waals surface area contributed by atoms with Crippen LogP contribution in [0.5, 0.6) is 0 Å². The van der Waals surface area contributed by atoms with Crippen molar-refractivity contribution in [2.75, 3.05) is 24.7 Å². The van der Waals surface area contributed by atoms with Gasteiger partial charge in [0, 0.05) is 25.8 Å². The van der Waals surface area contributed by atoms with Gasteiger partial charge in [-0.2, -0.15) is 0 Å². The fourth-order valence-electron chi connectivity index (χ4n) is 2.28. The van der Waals surface area contributed by atoms with Crippen LogP contribution in [0.25, 0.3) is 0 Å². The van der Waals surface area contributed by atoms with Gasteiger partial charge in [-0.1, -0.05) is 0 Å². The van der Waals surface area contributed by atoms with Crippen molar-refractivity contribution < 1.29 is 4.74 Å². The number of hydrogen-bond donors (Lipinski definition) is 0. The number of anilines is 1. The molecule has 0 aromatic carbocycles. The SMILES string of the molecule is CCN(c1sc(Br)cc1C)C1CCOCC1. The van der Waals surface area contributed by atoms with Crippen LogP contribution >= 0.6 is 27.3 Å². The van der Waals surface area contributed by atoms with Crippen LogP contribution in [0.1, 0.15) is 25.3 Å². The molecule has 0 radical (unpaired) electrons. The summed E-state index contributed by atoms with van der Waals surface area (Å²) in [6.07, 6.45) is 2.31. The van der Waals surface area contributed by atoms with Crippen molar-refractivity contribution in [2.45, 2.75) is 32.7 Å². The van der Waals surface area contributed by atoms with E-state index >= 15 is 0 Å². The Bertz CT molecular complexity index is 347. The molecule has 1 aliphatic rings. The maximum Gasteiger partial charge on any atom is 0.0952 e. The summed E-state index contributed by atoms with van der Waals surface area (Å²) in [5.41, 5.74) is 1.38. The number of halogens is 1. The molecule has 1 saturated heterocycles. The molecule has 0 spiro atoms. The van der Waals surface area contributed by atoms with E-state index in [9.17, 15) is 0 Å². The second-order valence-corrected chi connectivity index (χ2v) is 6.58. The minimum absolute atomic E-state index is 0.656. The summed E-state index contributed by atoms with van der Waals surface area (Å²) in [6, 6.07) is 2.87. The van der Waals surface area contributed by atoms with E-state index in [-0.39, 0.29) is 0 Å². The van der Waals surface area contributed by atoms with Gasteiger partial charge in [0.05, 0.1) is 8.79 Å². The third-order valence-electron chi connectivity index (χ3n) is 3.09. The Hall–Kier alpha value is -0.0600. The molecular formula is C12H18BrNOS. The summed E-state index contributed by atoms with van der Waals surface area (Å²) in [5, 5.41) is 1.42. The van der Waals surface area contributed by atoms with E-state index in [1.165, 1.54) is 14.4 Å². The molecule has 0 unspecified atom stereocenters. The Morgan fingerprint density at radius 3 is 2.69 bits per heavy atom. The standard InChI is InChI=1S/C12H18BrNOS/c1-3-14(10-4-6-15-7-5-10)12-9(2)8-11(13)16-12/h8,10H,3-7H2,1-2H3. The number of hydrogen-bond acceptors (Lipinski definition) is 3. The topological polar surface area (TPSA) is 12.5 Å². The average molecular weight is 304 g/mol. The van der Waals surface area contributed by atoms with Gasteiger partial charge in [-0.3, -0.25) is 0 Å². The molecule has 4 heteroatoms. The number of ether oxygens (including phenoxy) is 1. The molecule has 1 aromatic heterocycles. The highest BCUT2D eigenvalue weighted by Gasteiger charge is 2.22. The molecule has 0 bridgehead atoms. The molecule has 1 fully saturated rings. The molecule has 0 N–H and O–H groups in total. The van der Waals surface area contributed by atoms with Gasteiger partial charge < -0.3 is 9.64 Å². The molecule has 0 saturated carbocycles. The Balaban J connectivity index is 2.17. The monoisotopic (exact) mass is 303 g/mol. The number of aryl methyl sites for hydroxylation is 1. The molecular weight excluding hydrogens is 286 g/mol. The minimum atomic E-state index is 0.656. The van der Waals surface area contributed by atoms with Crippen molar-refractivity contribution in [1.82, 2.24) is 0 Å². The van der Waals surface area contributed by atoms with Gasteiger partial charge in [-0.05, 0) is 54.2 Å². The smallest absolute Gasteiger partial charge is 0.0952 e. The Morgan fingerprint density at radius 1 is 1.50 bits per heavy atom. The van der Waals surface area contributed by atoms with E-state index in [2.05, 4.69) is 40.7 Å². The molecule has 90 valence electrons. The zero-order valence-electron chi connectivity index (χ0n) is 9.83. The van der Waals surface area contributed by atoms with E-state index in [1.54, 1.807) is 0 Å². The van der Waals surface area contributed by atoms with Gasteiger partial charge in [-0.25, -0.2) is 0 Å². The summed E-state index contributed by atoms with van der Waals surface area (Å²) in [5.74, 6) is 0. The number of thiophene rings is 1. The molecule has 1 aromatic rings. The quantitative estimate of drug-likeness (QED) is 0.841. The average Bonchev–Trinajstić information content (AvgIpc) is 2.61. The summed E-state index contributed by atoms with van der Waals surface area (Å²) < 4.78 is 6.66. The van der Waals surface area contributed by atoms with Gasteiger partial charge in [-0.15, -0.1) is 11.3 Å². The van der Waals surface area contributed by atoms with Gasteiger partial charge in [0.15, 0.2) is 0 Å². The largest absolute Gasteiger partial charge is 0.381 e. The van der Waals surface area contributed by atoms with Crippen LogP contribution < -0.4 is 4.90 Å². The Labute approximate surface area is 110 Å². The van der Waals surface area contributed by atoms with Crippen molar-refractivity contribution in [3.8, 4) is 0 Å². The molecule has 0 amide bonds. The van der Waals surface area contributed by atoms with Crippen molar-refractivity contribution in [3.63, 3.8) is 0 Å². The molecule has 1 aliphatic heterocycles. The third kappa shape index (κ3) is 2.60. The van der Waals surface area contributed by atoms with E-state index in [4.69, 9.17) is 4.74 Å². The predicted octanol–water partition coefficient (Wildman–Crippen LogP) is 3.82. The summed E-state index contributed by atoms with van der Waals surface area (Å²) in [6.45, 7) is 7.33. The predicted molar refractivity (Wildman–Crippen MR) is 73.6 cm³/mol. The van der Waals surface area contributed by atoms with Crippen LogP contribution in [-0.4, -0.2) is 25.8 Å². The van der Waals surface area contributed by atoms with Gasteiger partial charge >= 0.3 is 0 Å². The van der Waals surface area contributed by atoms with E-state index in [1.807, 2.05) is 11.3 Å². The molecule has 16 heavy (non-hydrogen) atoms. The number of nitrogens with zero attached hydrogens (tertiary/aromatic N) is 1. The maximum atomic E-state index is 5.43. The molecule has 0 atom stereocenters. The van der Waals surface area contributed by atoms with Crippen LogP contribution in [0.15, 0.2) is 9.85 Å². The van der Waals surface area contributed by atoms with Crippen LogP contribution in [0.2, 0.25) is 0 Å². The lowest BCUT2D eigenvalue weighted by atomic mass is 10.1. The fraction of sp³-hybridized carbons (Fsp3) is 0.667. The van der Waals surface area contributed by atoms with E-state index < -0.39 is 0 Å². The first-order valence-corrected chi connectivity index (χ1v) is 7.43. The zero-order chi connectivity index (χ0) is 11.5. The lowest BCUT2D eigenvalue weighted by Crippen LogP contribution is -2.39. The van der Waals surface area contributed by atoms with Crippen molar-refractivity contribution in [2.24, 2.45) is 0 Å². The van der Waals surface area contributed by atoms with E-state index in [0.717, 1.165) is 32.6 Å². The first-order chi connectivity index (χ1) is 7.72. The second kappa shape index (κ2) is 5.52. The van der Waals surface area contributed by atoms with Crippen LogP contribution in [0.3, 0.4) is 0 Å². The summed E-state index contributed by atoms with van der Waals surface area (Å²) >= 11 is 5.41. The normalized spacial score (nSPS) is 17.7. The maximum absolute atomic E-state index is 5.43. The first-order valence-electron chi connectivity index (χ1n) is 5.82. The highest BCUT2D eigenvalue weighted by atomic mass is 79.9.